The number of likely N-dealkylation sites (tertiary alicyclic amines) is 1. The fraction of sp³-hybridized carbons (Fsp3) is 0.562. The maximum absolute atomic E-state index is 12.2. The number of carbonyl (C=O) groups is 1. The van der Waals surface area contributed by atoms with Gasteiger partial charge in [0.05, 0.1) is 30.2 Å². The average molecular weight is 338 g/mol. The lowest BCUT2D eigenvalue weighted by Gasteiger charge is -2.27. The van der Waals surface area contributed by atoms with Gasteiger partial charge in [-0.2, -0.15) is 0 Å². The Morgan fingerprint density at radius 2 is 2.17 bits per heavy atom. The van der Waals surface area contributed by atoms with Gasteiger partial charge in [0.1, 0.15) is 17.5 Å². The fourth-order valence-corrected chi connectivity index (χ4v) is 2.54. The number of amides is 1. The fourth-order valence-electron chi connectivity index (χ4n) is 2.54. The van der Waals surface area contributed by atoms with Crippen LogP contribution in [-0.2, 0) is 4.74 Å². The molecule has 1 aromatic carbocycles. The lowest BCUT2D eigenvalue weighted by Crippen LogP contribution is -2.41. The first-order valence-corrected chi connectivity index (χ1v) is 7.71. The third-order valence-electron chi connectivity index (χ3n) is 3.55. The Morgan fingerprint density at radius 1 is 1.46 bits per heavy atom. The quantitative estimate of drug-likeness (QED) is 0.668. The summed E-state index contributed by atoms with van der Waals surface area (Å²) in [4.78, 5) is 24.0. The predicted octanol–water partition coefficient (Wildman–Crippen LogP) is 2.34. The van der Waals surface area contributed by atoms with Crippen LogP contribution in [-0.4, -0.2) is 51.9 Å². The van der Waals surface area contributed by atoms with Crippen molar-refractivity contribution in [3.05, 3.63) is 34.4 Å². The number of rotatable bonds is 4. The minimum Gasteiger partial charge on any atom is -0.488 e. The number of nitro benzene ring substituents is 1. The van der Waals surface area contributed by atoms with Gasteiger partial charge in [-0.15, -0.1) is 0 Å². The molecule has 1 aliphatic rings. The summed E-state index contributed by atoms with van der Waals surface area (Å²) in [5, 5.41) is 20.3. The zero-order chi connectivity index (χ0) is 17.9. The summed E-state index contributed by atoms with van der Waals surface area (Å²) < 4.78 is 11.1. The molecule has 0 saturated carbocycles. The number of hydrogen-bond donors (Lipinski definition) is 1. The van der Waals surface area contributed by atoms with Crippen LogP contribution >= 0.6 is 0 Å². The van der Waals surface area contributed by atoms with Crippen molar-refractivity contribution >= 4 is 11.8 Å². The number of carbonyl (C=O) groups excluding carboxylic acids is 1. The zero-order valence-electron chi connectivity index (χ0n) is 14.0. The van der Waals surface area contributed by atoms with Crippen LogP contribution in [0.25, 0.3) is 0 Å². The highest BCUT2D eigenvalue weighted by molar-refractivity contribution is 5.69. The number of aliphatic hydroxyl groups is 1. The number of ether oxygens (including phenoxy) is 2. The summed E-state index contributed by atoms with van der Waals surface area (Å²) >= 11 is 0. The molecule has 1 saturated heterocycles. The van der Waals surface area contributed by atoms with Crippen molar-refractivity contribution in [1.82, 2.24) is 4.90 Å². The van der Waals surface area contributed by atoms with Crippen molar-refractivity contribution < 1.29 is 24.3 Å². The largest absolute Gasteiger partial charge is 0.488 e. The molecule has 1 aromatic rings. The standard InChI is InChI=1S/C16H22N2O6/c1-16(2,3)24-15(20)17-9-14(8-12(17)10-19)23-13-6-4-5-11(7-13)18(21)22/h4-7,12,14,19H,8-10H2,1-3H3/t12-,14+/m0/s1. The van der Waals surface area contributed by atoms with Gasteiger partial charge in [-0.25, -0.2) is 4.79 Å². The second-order valence-corrected chi connectivity index (χ2v) is 6.70. The van der Waals surface area contributed by atoms with Crippen molar-refractivity contribution in [2.45, 2.75) is 44.9 Å². The van der Waals surface area contributed by atoms with Crippen molar-refractivity contribution in [1.29, 1.82) is 0 Å². The van der Waals surface area contributed by atoms with Crippen molar-refractivity contribution in [2.75, 3.05) is 13.2 Å². The molecule has 2 atom stereocenters. The van der Waals surface area contributed by atoms with Crippen LogP contribution in [0.4, 0.5) is 10.5 Å². The van der Waals surface area contributed by atoms with Gasteiger partial charge >= 0.3 is 6.09 Å². The van der Waals surface area contributed by atoms with E-state index in [4.69, 9.17) is 9.47 Å². The number of nitro groups is 1. The van der Waals surface area contributed by atoms with Crippen LogP contribution in [0.1, 0.15) is 27.2 Å². The van der Waals surface area contributed by atoms with Crippen LogP contribution in [0.15, 0.2) is 24.3 Å². The normalized spacial score (nSPS) is 20.8. The molecule has 24 heavy (non-hydrogen) atoms. The minimum absolute atomic E-state index is 0.0618. The smallest absolute Gasteiger partial charge is 0.410 e. The third kappa shape index (κ3) is 4.58. The highest BCUT2D eigenvalue weighted by Gasteiger charge is 2.38. The number of nitrogens with zero attached hydrogens (tertiary/aromatic N) is 2. The molecule has 1 N–H and O–H groups in total. The Bertz CT molecular complexity index is 613. The number of benzene rings is 1. The Balaban J connectivity index is 2.04. The molecule has 1 heterocycles. The first-order chi connectivity index (χ1) is 11.2. The van der Waals surface area contributed by atoms with E-state index >= 15 is 0 Å². The molecule has 8 heteroatoms. The van der Waals surface area contributed by atoms with Crippen LogP contribution in [0.3, 0.4) is 0 Å². The molecule has 1 fully saturated rings. The second kappa shape index (κ2) is 7.04. The summed E-state index contributed by atoms with van der Waals surface area (Å²) in [5.74, 6) is 0.358. The summed E-state index contributed by atoms with van der Waals surface area (Å²) in [6.07, 6.45) is -0.443. The topological polar surface area (TPSA) is 102 Å². The van der Waals surface area contributed by atoms with E-state index in [0.717, 1.165) is 0 Å². The van der Waals surface area contributed by atoms with Crippen molar-refractivity contribution in [3.8, 4) is 5.75 Å². The molecule has 0 aromatic heterocycles. The van der Waals surface area contributed by atoms with Crippen molar-refractivity contribution in [2.24, 2.45) is 0 Å². The lowest BCUT2D eigenvalue weighted by atomic mass is 10.2. The van der Waals surface area contributed by atoms with Crippen LogP contribution in [0.2, 0.25) is 0 Å². The van der Waals surface area contributed by atoms with E-state index in [1.807, 2.05) is 0 Å². The maximum atomic E-state index is 12.2. The Labute approximate surface area is 140 Å². The van der Waals surface area contributed by atoms with E-state index in [1.54, 1.807) is 26.8 Å². The number of non-ortho nitro benzene ring substituents is 1. The Morgan fingerprint density at radius 3 is 2.75 bits per heavy atom. The summed E-state index contributed by atoms with van der Waals surface area (Å²) in [7, 11) is 0. The third-order valence-corrected chi connectivity index (χ3v) is 3.55. The SMILES string of the molecule is CC(C)(C)OC(=O)N1C[C@H](Oc2cccc([N+](=O)[O-])c2)C[C@H]1CO. The van der Waals surface area contributed by atoms with E-state index in [9.17, 15) is 20.0 Å². The molecule has 1 aliphatic heterocycles. The van der Waals surface area contributed by atoms with E-state index in [2.05, 4.69) is 0 Å². The second-order valence-electron chi connectivity index (χ2n) is 6.70. The average Bonchev–Trinajstić information content (AvgIpc) is 2.89. The van der Waals surface area contributed by atoms with Gasteiger partial charge in [0, 0.05) is 12.5 Å². The summed E-state index contributed by atoms with van der Waals surface area (Å²) in [6, 6.07) is 5.48. The monoisotopic (exact) mass is 338 g/mol. The van der Waals surface area contributed by atoms with Crippen LogP contribution in [0.5, 0.6) is 5.75 Å². The van der Waals surface area contributed by atoms with Gasteiger partial charge in [0.2, 0.25) is 0 Å². The summed E-state index contributed by atoms with van der Waals surface area (Å²) in [6.45, 7) is 5.36. The predicted molar refractivity (Wildman–Crippen MR) is 85.9 cm³/mol. The molecule has 132 valence electrons. The zero-order valence-corrected chi connectivity index (χ0v) is 14.0. The van der Waals surface area contributed by atoms with E-state index < -0.39 is 22.7 Å². The van der Waals surface area contributed by atoms with Gasteiger partial charge in [0.25, 0.3) is 5.69 Å². The first-order valence-electron chi connectivity index (χ1n) is 7.71. The van der Waals surface area contributed by atoms with Crippen LogP contribution in [0, 0.1) is 10.1 Å². The van der Waals surface area contributed by atoms with E-state index in [1.165, 1.54) is 23.1 Å². The minimum atomic E-state index is -0.629. The van der Waals surface area contributed by atoms with Gasteiger partial charge in [-0.05, 0) is 26.8 Å². The first kappa shape index (κ1) is 18.0. The molecule has 2 rings (SSSR count). The molecule has 0 radical (unpaired) electrons. The molecular formula is C16H22N2O6. The lowest BCUT2D eigenvalue weighted by molar-refractivity contribution is -0.384. The van der Waals surface area contributed by atoms with Gasteiger partial charge in [-0.3, -0.25) is 15.0 Å². The molecular weight excluding hydrogens is 316 g/mol. The molecule has 0 spiro atoms. The Hall–Kier alpha value is -2.35. The summed E-state index contributed by atoms with van der Waals surface area (Å²) in [5.41, 5.74) is -0.691. The number of aliphatic hydroxyl groups excluding tert-OH is 1. The maximum Gasteiger partial charge on any atom is 0.410 e. The molecule has 0 unspecified atom stereocenters. The van der Waals surface area contributed by atoms with Gasteiger partial charge in [-0.1, -0.05) is 6.07 Å². The highest BCUT2D eigenvalue weighted by Crippen LogP contribution is 2.26. The Kier molecular flexibility index (Phi) is 5.28. The van der Waals surface area contributed by atoms with E-state index in [0.29, 0.717) is 12.2 Å². The number of hydrogen-bond acceptors (Lipinski definition) is 6. The molecule has 0 bridgehead atoms. The van der Waals surface area contributed by atoms with Gasteiger partial charge in [0.15, 0.2) is 0 Å². The highest BCUT2D eigenvalue weighted by atomic mass is 16.6. The van der Waals surface area contributed by atoms with E-state index in [-0.39, 0.29) is 24.9 Å². The molecule has 8 nitrogen and oxygen atoms in total. The van der Waals surface area contributed by atoms with Crippen LogP contribution < -0.4 is 4.74 Å². The molecule has 0 aliphatic carbocycles. The van der Waals surface area contributed by atoms with Crippen molar-refractivity contribution in [3.63, 3.8) is 0 Å². The molecule has 1 amide bonds. The van der Waals surface area contributed by atoms with Gasteiger partial charge < -0.3 is 14.6 Å².